The van der Waals surface area contributed by atoms with Crippen molar-refractivity contribution >= 4 is 5.78 Å². The molecule has 1 aliphatic rings. The maximum atomic E-state index is 13.6. The molecule has 0 saturated carbocycles. The van der Waals surface area contributed by atoms with Gasteiger partial charge in [-0.05, 0) is 50.4 Å². The van der Waals surface area contributed by atoms with Crippen LogP contribution in [-0.2, 0) is 0 Å². The molecule has 110 valence electrons. The fourth-order valence-electron chi connectivity index (χ4n) is 2.80. The molecule has 1 aromatic rings. The summed E-state index contributed by atoms with van der Waals surface area (Å²) in [5.41, 5.74) is -0.0114. The quantitative estimate of drug-likeness (QED) is 0.785. The van der Waals surface area contributed by atoms with Crippen LogP contribution in [-0.4, -0.2) is 30.3 Å². The van der Waals surface area contributed by atoms with Gasteiger partial charge in [-0.2, -0.15) is 0 Å². The molecule has 1 fully saturated rings. The standard InChI is InChI=1S/C16H21F2NO/c1-2-12-4-3-8-19(9-7-12)11-16(20)14-6-5-13(17)10-15(14)18/h5-6,10,12H,2-4,7-9,11H2,1H3. The smallest absolute Gasteiger partial charge is 0.179 e. The van der Waals surface area contributed by atoms with Gasteiger partial charge in [0.2, 0.25) is 0 Å². The third-order valence-corrected chi connectivity index (χ3v) is 4.12. The summed E-state index contributed by atoms with van der Waals surface area (Å²) >= 11 is 0. The minimum Gasteiger partial charge on any atom is -0.296 e. The van der Waals surface area contributed by atoms with Crippen molar-refractivity contribution < 1.29 is 13.6 Å². The Bertz CT molecular complexity index is 476. The second-order valence-corrected chi connectivity index (χ2v) is 5.53. The largest absolute Gasteiger partial charge is 0.296 e. The van der Waals surface area contributed by atoms with E-state index in [1.807, 2.05) is 0 Å². The van der Waals surface area contributed by atoms with Crippen molar-refractivity contribution in [3.05, 3.63) is 35.4 Å². The van der Waals surface area contributed by atoms with E-state index in [9.17, 15) is 13.6 Å². The van der Waals surface area contributed by atoms with Gasteiger partial charge in [-0.1, -0.05) is 13.3 Å². The van der Waals surface area contributed by atoms with Crippen molar-refractivity contribution in [2.45, 2.75) is 32.6 Å². The van der Waals surface area contributed by atoms with Crippen molar-refractivity contribution in [2.75, 3.05) is 19.6 Å². The minimum absolute atomic E-state index is 0.0114. The van der Waals surface area contributed by atoms with Crippen LogP contribution >= 0.6 is 0 Å². The molecule has 1 atom stereocenters. The van der Waals surface area contributed by atoms with E-state index in [0.717, 1.165) is 44.0 Å². The van der Waals surface area contributed by atoms with Crippen LogP contribution in [0.25, 0.3) is 0 Å². The average Bonchev–Trinajstić information content (AvgIpc) is 2.63. The minimum atomic E-state index is -0.767. The maximum absolute atomic E-state index is 13.6. The van der Waals surface area contributed by atoms with E-state index in [1.165, 1.54) is 18.9 Å². The van der Waals surface area contributed by atoms with Crippen molar-refractivity contribution in [1.29, 1.82) is 0 Å². The summed E-state index contributed by atoms with van der Waals surface area (Å²) < 4.78 is 26.4. The number of halogens is 2. The zero-order valence-corrected chi connectivity index (χ0v) is 11.9. The van der Waals surface area contributed by atoms with E-state index in [-0.39, 0.29) is 17.9 Å². The molecule has 0 amide bonds. The van der Waals surface area contributed by atoms with Crippen molar-refractivity contribution in [2.24, 2.45) is 5.92 Å². The van der Waals surface area contributed by atoms with Crippen LogP contribution in [0, 0.1) is 17.6 Å². The summed E-state index contributed by atoms with van der Waals surface area (Å²) in [6.45, 7) is 4.18. The van der Waals surface area contributed by atoms with E-state index >= 15 is 0 Å². The van der Waals surface area contributed by atoms with Crippen molar-refractivity contribution in [3.8, 4) is 0 Å². The highest BCUT2D eigenvalue weighted by Crippen LogP contribution is 2.20. The van der Waals surface area contributed by atoms with Gasteiger partial charge in [0.25, 0.3) is 0 Å². The molecule has 0 aliphatic carbocycles. The van der Waals surface area contributed by atoms with Crippen molar-refractivity contribution in [1.82, 2.24) is 4.90 Å². The van der Waals surface area contributed by atoms with Gasteiger partial charge in [-0.15, -0.1) is 0 Å². The van der Waals surface area contributed by atoms with Gasteiger partial charge < -0.3 is 0 Å². The molecule has 4 heteroatoms. The van der Waals surface area contributed by atoms with Crippen molar-refractivity contribution in [3.63, 3.8) is 0 Å². The molecule has 1 aliphatic heterocycles. The highest BCUT2D eigenvalue weighted by atomic mass is 19.1. The predicted molar refractivity (Wildman–Crippen MR) is 74.8 cm³/mol. The Balaban J connectivity index is 1.97. The van der Waals surface area contributed by atoms with E-state index < -0.39 is 11.6 Å². The third kappa shape index (κ3) is 3.85. The lowest BCUT2D eigenvalue weighted by Gasteiger charge is -2.19. The molecule has 1 unspecified atom stereocenters. The highest BCUT2D eigenvalue weighted by molar-refractivity contribution is 5.97. The molecule has 0 aromatic heterocycles. The number of likely N-dealkylation sites (tertiary alicyclic amines) is 1. The molecule has 0 radical (unpaired) electrons. The number of carbonyl (C=O) groups is 1. The zero-order valence-electron chi connectivity index (χ0n) is 11.9. The van der Waals surface area contributed by atoms with Gasteiger partial charge in [-0.25, -0.2) is 8.78 Å². The molecule has 0 N–H and O–H groups in total. The number of ketones is 1. The number of rotatable bonds is 4. The molecule has 1 heterocycles. The number of benzene rings is 1. The first-order valence-corrected chi connectivity index (χ1v) is 7.30. The summed E-state index contributed by atoms with van der Waals surface area (Å²) in [4.78, 5) is 14.2. The second-order valence-electron chi connectivity index (χ2n) is 5.53. The Morgan fingerprint density at radius 2 is 2.10 bits per heavy atom. The topological polar surface area (TPSA) is 20.3 Å². The predicted octanol–water partition coefficient (Wildman–Crippen LogP) is 3.66. The van der Waals surface area contributed by atoms with Gasteiger partial charge in [0, 0.05) is 6.07 Å². The lowest BCUT2D eigenvalue weighted by atomic mass is 9.98. The molecule has 1 aromatic carbocycles. The number of carbonyl (C=O) groups excluding carboxylic acids is 1. The van der Waals surface area contributed by atoms with Crippen LogP contribution in [0.15, 0.2) is 18.2 Å². The van der Waals surface area contributed by atoms with Crippen LogP contribution < -0.4 is 0 Å². The fourth-order valence-corrected chi connectivity index (χ4v) is 2.80. The molecular formula is C16H21F2NO. The first kappa shape index (κ1) is 15.1. The second kappa shape index (κ2) is 6.93. The Morgan fingerprint density at radius 1 is 1.30 bits per heavy atom. The first-order valence-electron chi connectivity index (χ1n) is 7.30. The van der Waals surface area contributed by atoms with Crippen LogP contribution in [0.4, 0.5) is 8.78 Å². The molecule has 2 nitrogen and oxygen atoms in total. The number of hydrogen-bond acceptors (Lipinski definition) is 2. The summed E-state index contributed by atoms with van der Waals surface area (Å²) in [6, 6.07) is 3.13. The Hall–Kier alpha value is -1.29. The van der Waals surface area contributed by atoms with Crippen LogP contribution in [0.1, 0.15) is 43.0 Å². The summed E-state index contributed by atoms with van der Waals surface area (Å²) in [7, 11) is 0. The van der Waals surface area contributed by atoms with E-state index in [2.05, 4.69) is 11.8 Å². The molecule has 20 heavy (non-hydrogen) atoms. The molecular weight excluding hydrogens is 260 g/mol. The normalized spacial score (nSPS) is 20.6. The Morgan fingerprint density at radius 3 is 2.80 bits per heavy atom. The van der Waals surface area contributed by atoms with Crippen LogP contribution in [0.2, 0.25) is 0 Å². The van der Waals surface area contributed by atoms with Gasteiger partial charge in [0.15, 0.2) is 5.78 Å². The monoisotopic (exact) mass is 281 g/mol. The molecule has 0 bridgehead atoms. The van der Waals surface area contributed by atoms with Gasteiger partial charge in [0.05, 0.1) is 12.1 Å². The maximum Gasteiger partial charge on any atom is 0.179 e. The average molecular weight is 281 g/mol. The molecule has 1 saturated heterocycles. The SMILES string of the molecule is CCC1CCCN(CC(=O)c2ccc(F)cc2F)CC1. The third-order valence-electron chi connectivity index (χ3n) is 4.12. The van der Waals surface area contributed by atoms with Gasteiger partial charge >= 0.3 is 0 Å². The number of hydrogen-bond donors (Lipinski definition) is 0. The van der Waals surface area contributed by atoms with Crippen LogP contribution in [0.3, 0.4) is 0 Å². The highest BCUT2D eigenvalue weighted by Gasteiger charge is 2.20. The fraction of sp³-hybridized carbons (Fsp3) is 0.562. The lowest BCUT2D eigenvalue weighted by Crippen LogP contribution is -2.31. The van der Waals surface area contributed by atoms with Crippen LogP contribution in [0.5, 0.6) is 0 Å². The molecule has 0 spiro atoms. The van der Waals surface area contributed by atoms with E-state index in [0.29, 0.717) is 0 Å². The summed E-state index contributed by atoms with van der Waals surface area (Å²) in [5, 5.41) is 0. The summed E-state index contributed by atoms with van der Waals surface area (Å²) in [6.07, 6.45) is 4.55. The number of Topliss-reactive ketones (excluding diaryl/α,β-unsaturated/α-hetero) is 1. The summed E-state index contributed by atoms with van der Waals surface area (Å²) in [5.74, 6) is -0.953. The zero-order chi connectivity index (χ0) is 14.5. The van der Waals surface area contributed by atoms with E-state index in [4.69, 9.17) is 0 Å². The molecule has 2 rings (SSSR count). The number of nitrogens with zero attached hydrogens (tertiary/aromatic N) is 1. The van der Waals surface area contributed by atoms with Gasteiger partial charge in [0.1, 0.15) is 11.6 Å². The van der Waals surface area contributed by atoms with Gasteiger partial charge in [-0.3, -0.25) is 9.69 Å². The Kier molecular flexibility index (Phi) is 5.24. The lowest BCUT2D eigenvalue weighted by molar-refractivity contribution is 0.0928. The first-order chi connectivity index (χ1) is 9.60. The Labute approximate surface area is 118 Å². The van der Waals surface area contributed by atoms with E-state index in [1.54, 1.807) is 0 Å².